The Bertz CT molecular complexity index is 491. The topological polar surface area (TPSA) is 46.3 Å². The Hall–Kier alpha value is -1.32. The SMILES string of the molecule is Cc1oc(Cc2ccc(Cl)cc2)nc1CCO. The average molecular weight is 252 g/mol. The summed E-state index contributed by atoms with van der Waals surface area (Å²) in [6, 6.07) is 7.60. The summed E-state index contributed by atoms with van der Waals surface area (Å²) in [4.78, 5) is 4.36. The molecule has 3 nitrogen and oxygen atoms in total. The second kappa shape index (κ2) is 5.34. The summed E-state index contributed by atoms with van der Waals surface area (Å²) >= 11 is 5.82. The highest BCUT2D eigenvalue weighted by Crippen LogP contribution is 2.16. The minimum atomic E-state index is 0.0910. The van der Waals surface area contributed by atoms with Crippen LogP contribution in [0.1, 0.15) is 22.9 Å². The van der Waals surface area contributed by atoms with Gasteiger partial charge in [-0.25, -0.2) is 4.98 Å². The molecule has 0 amide bonds. The second-order valence-corrected chi connectivity index (χ2v) is 4.32. The van der Waals surface area contributed by atoms with Crippen LogP contribution in [0.4, 0.5) is 0 Å². The van der Waals surface area contributed by atoms with Crippen LogP contribution in [0.15, 0.2) is 28.7 Å². The fourth-order valence-corrected chi connectivity index (χ4v) is 1.80. The number of aromatic nitrogens is 1. The summed E-state index contributed by atoms with van der Waals surface area (Å²) in [6.45, 7) is 1.96. The Morgan fingerprint density at radius 2 is 2.00 bits per heavy atom. The van der Waals surface area contributed by atoms with Crippen LogP contribution in [0.2, 0.25) is 5.02 Å². The third-order valence-corrected chi connectivity index (χ3v) is 2.81. The van der Waals surface area contributed by atoms with E-state index in [1.165, 1.54) is 0 Å². The zero-order chi connectivity index (χ0) is 12.3. The Balaban J connectivity index is 2.13. The lowest BCUT2D eigenvalue weighted by Crippen LogP contribution is -1.94. The van der Waals surface area contributed by atoms with Crippen LogP contribution in [0, 0.1) is 6.92 Å². The molecular formula is C13H14ClNO2. The van der Waals surface area contributed by atoms with Gasteiger partial charge in [-0.2, -0.15) is 0 Å². The minimum Gasteiger partial charge on any atom is -0.445 e. The van der Waals surface area contributed by atoms with Crippen molar-refractivity contribution in [1.82, 2.24) is 4.98 Å². The van der Waals surface area contributed by atoms with E-state index in [0.29, 0.717) is 18.7 Å². The lowest BCUT2D eigenvalue weighted by molar-refractivity contribution is 0.297. The molecule has 4 heteroatoms. The first kappa shape index (κ1) is 12.1. The van der Waals surface area contributed by atoms with Crippen LogP contribution < -0.4 is 0 Å². The molecule has 1 heterocycles. The van der Waals surface area contributed by atoms with Crippen LogP contribution in [-0.2, 0) is 12.8 Å². The van der Waals surface area contributed by atoms with E-state index < -0.39 is 0 Å². The molecule has 0 aliphatic heterocycles. The second-order valence-electron chi connectivity index (χ2n) is 3.89. The Morgan fingerprint density at radius 3 is 2.65 bits per heavy atom. The quantitative estimate of drug-likeness (QED) is 0.909. The van der Waals surface area contributed by atoms with Gasteiger partial charge in [0.25, 0.3) is 0 Å². The van der Waals surface area contributed by atoms with Crippen molar-refractivity contribution >= 4 is 11.6 Å². The Kier molecular flexibility index (Phi) is 3.82. The molecule has 0 bridgehead atoms. The summed E-state index contributed by atoms with van der Waals surface area (Å²) < 4.78 is 5.55. The first-order chi connectivity index (χ1) is 8.19. The van der Waals surface area contributed by atoms with Crippen LogP contribution >= 0.6 is 11.6 Å². The van der Waals surface area contributed by atoms with Gasteiger partial charge < -0.3 is 9.52 Å². The largest absolute Gasteiger partial charge is 0.445 e. The van der Waals surface area contributed by atoms with Crippen molar-refractivity contribution in [3.8, 4) is 0 Å². The highest BCUT2D eigenvalue weighted by Gasteiger charge is 2.09. The smallest absolute Gasteiger partial charge is 0.199 e. The third kappa shape index (κ3) is 3.08. The summed E-state index contributed by atoms with van der Waals surface area (Å²) in [7, 11) is 0. The van der Waals surface area contributed by atoms with E-state index in [0.717, 1.165) is 22.0 Å². The van der Waals surface area contributed by atoms with E-state index >= 15 is 0 Å². The molecule has 17 heavy (non-hydrogen) atoms. The molecule has 0 atom stereocenters. The van der Waals surface area contributed by atoms with Gasteiger partial charge in [-0.15, -0.1) is 0 Å². The van der Waals surface area contributed by atoms with E-state index in [4.69, 9.17) is 21.1 Å². The van der Waals surface area contributed by atoms with Gasteiger partial charge >= 0.3 is 0 Å². The molecule has 0 aliphatic carbocycles. The number of hydrogen-bond acceptors (Lipinski definition) is 3. The number of oxazole rings is 1. The average Bonchev–Trinajstić information content (AvgIpc) is 2.63. The number of halogens is 1. The van der Waals surface area contributed by atoms with E-state index in [1.54, 1.807) is 0 Å². The normalized spacial score (nSPS) is 10.8. The molecule has 0 saturated heterocycles. The maximum Gasteiger partial charge on any atom is 0.199 e. The lowest BCUT2D eigenvalue weighted by atomic mass is 10.1. The maximum atomic E-state index is 8.88. The van der Waals surface area contributed by atoms with Gasteiger partial charge in [0, 0.05) is 24.5 Å². The number of rotatable bonds is 4. The maximum absolute atomic E-state index is 8.88. The molecule has 0 unspecified atom stereocenters. The van der Waals surface area contributed by atoms with E-state index in [2.05, 4.69) is 4.98 Å². The van der Waals surface area contributed by atoms with Gasteiger partial charge in [0.15, 0.2) is 5.89 Å². The van der Waals surface area contributed by atoms with E-state index in [1.807, 2.05) is 31.2 Å². The monoisotopic (exact) mass is 251 g/mol. The molecule has 1 aromatic heterocycles. The predicted octanol–water partition coefficient (Wildman–Crippen LogP) is 2.76. The third-order valence-electron chi connectivity index (χ3n) is 2.55. The molecule has 0 radical (unpaired) electrons. The summed E-state index contributed by atoms with van der Waals surface area (Å²) in [5.74, 6) is 1.45. The molecule has 0 saturated carbocycles. The molecule has 0 fully saturated rings. The number of aliphatic hydroxyl groups excluding tert-OH is 1. The molecule has 2 aromatic rings. The van der Waals surface area contributed by atoms with Gasteiger partial charge in [0.2, 0.25) is 0 Å². The van der Waals surface area contributed by atoms with Gasteiger partial charge in [0.05, 0.1) is 5.69 Å². The number of aliphatic hydroxyl groups is 1. The standard InChI is InChI=1S/C13H14ClNO2/c1-9-12(6-7-16)15-13(17-9)8-10-2-4-11(14)5-3-10/h2-5,16H,6-8H2,1H3. The first-order valence-corrected chi connectivity index (χ1v) is 5.87. The van der Waals surface area contributed by atoms with Crippen LogP contribution in [0.25, 0.3) is 0 Å². The molecule has 2 rings (SSSR count). The summed E-state index contributed by atoms with van der Waals surface area (Å²) in [5.41, 5.74) is 1.93. The van der Waals surface area contributed by atoms with E-state index in [-0.39, 0.29) is 6.61 Å². The highest BCUT2D eigenvalue weighted by atomic mass is 35.5. The molecule has 0 spiro atoms. The predicted molar refractivity (Wildman–Crippen MR) is 66.3 cm³/mol. The Labute approximate surface area is 105 Å². The zero-order valence-electron chi connectivity index (χ0n) is 9.61. The molecule has 1 aromatic carbocycles. The van der Waals surface area contributed by atoms with Crippen molar-refractivity contribution in [2.24, 2.45) is 0 Å². The number of benzene rings is 1. The van der Waals surface area contributed by atoms with Crippen molar-refractivity contribution in [3.63, 3.8) is 0 Å². The van der Waals surface area contributed by atoms with Crippen molar-refractivity contribution in [1.29, 1.82) is 0 Å². The Morgan fingerprint density at radius 1 is 1.29 bits per heavy atom. The fourth-order valence-electron chi connectivity index (χ4n) is 1.68. The summed E-state index contributed by atoms with van der Waals surface area (Å²) in [5, 5.41) is 9.60. The number of hydrogen-bond donors (Lipinski definition) is 1. The highest BCUT2D eigenvalue weighted by molar-refractivity contribution is 6.30. The van der Waals surface area contributed by atoms with Gasteiger partial charge in [-0.1, -0.05) is 23.7 Å². The number of nitrogens with zero attached hydrogens (tertiary/aromatic N) is 1. The van der Waals surface area contributed by atoms with Crippen molar-refractivity contribution in [2.45, 2.75) is 19.8 Å². The van der Waals surface area contributed by atoms with Crippen LogP contribution in [0.5, 0.6) is 0 Å². The minimum absolute atomic E-state index is 0.0910. The summed E-state index contributed by atoms with van der Waals surface area (Å²) in [6.07, 6.45) is 1.18. The van der Waals surface area contributed by atoms with Gasteiger partial charge in [-0.05, 0) is 24.6 Å². The van der Waals surface area contributed by atoms with Crippen LogP contribution in [0.3, 0.4) is 0 Å². The van der Waals surface area contributed by atoms with E-state index in [9.17, 15) is 0 Å². The van der Waals surface area contributed by atoms with Gasteiger partial charge in [-0.3, -0.25) is 0 Å². The van der Waals surface area contributed by atoms with Crippen molar-refractivity contribution < 1.29 is 9.52 Å². The zero-order valence-corrected chi connectivity index (χ0v) is 10.4. The first-order valence-electron chi connectivity index (χ1n) is 5.49. The molecule has 0 aliphatic rings. The fraction of sp³-hybridized carbons (Fsp3) is 0.308. The van der Waals surface area contributed by atoms with Gasteiger partial charge in [0.1, 0.15) is 5.76 Å². The van der Waals surface area contributed by atoms with Crippen molar-refractivity contribution in [3.05, 3.63) is 52.2 Å². The lowest BCUT2D eigenvalue weighted by Gasteiger charge is -1.97. The number of aryl methyl sites for hydroxylation is 1. The molecule has 1 N–H and O–H groups in total. The van der Waals surface area contributed by atoms with Crippen molar-refractivity contribution in [2.75, 3.05) is 6.61 Å². The molecule has 90 valence electrons. The van der Waals surface area contributed by atoms with Crippen LogP contribution in [-0.4, -0.2) is 16.7 Å². The molecular weight excluding hydrogens is 238 g/mol.